The van der Waals surface area contributed by atoms with Gasteiger partial charge in [-0.05, 0) is 24.3 Å². The third kappa shape index (κ3) is 2.20. The molecule has 0 bridgehead atoms. The number of furan rings is 1. The Labute approximate surface area is 122 Å². The predicted octanol–water partition coefficient (Wildman–Crippen LogP) is 2.54. The number of hydrogen-bond acceptors (Lipinski definition) is 3. The lowest BCUT2D eigenvalue weighted by atomic mass is 10.1. The number of carbonyl (C=O) groups is 2. The molecule has 2 aromatic rings. The van der Waals surface area contributed by atoms with Crippen molar-refractivity contribution in [3.05, 3.63) is 48.4 Å². The second-order valence-electron chi connectivity index (χ2n) is 5.18. The van der Waals surface area contributed by atoms with Crippen LogP contribution in [0.5, 0.6) is 0 Å². The third-order valence-corrected chi connectivity index (χ3v) is 3.72. The molecule has 0 saturated heterocycles. The van der Waals surface area contributed by atoms with Crippen LogP contribution in [0.25, 0.3) is 0 Å². The first-order valence-electron chi connectivity index (χ1n) is 6.81. The number of para-hydroxylation sites is 2. The number of amides is 2. The number of fused-ring (bicyclic) bond motifs is 1. The minimum absolute atomic E-state index is 0.00260. The van der Waals surface area contributed by atoms with Crippen LogP contribution in [-0.4, -0.2) is 25.4 Å². The van der Waals surface area contributed by atoms with Crippen LogP contribution in [-0.2, 0) is 4.79 Å². The highest BCUT2D eigenvalue weighted by Crippen LogP contribution is 2.34. The summed E-state index contributed by atoms with van der Waals surface area (Å²) in [5, 5.41) is 0. The molecule has 5 heteroatoms. The molecule has 21 heavy (non-hydrogen) atoms. The van der Waals surface area contributed by atoms with Crippen LogP contribution in [0.4, 0.5) is 11.4 Å². The average Bonchev–Trinajstić information content (AvgIpc) is 3.02. The van der Waals surface area contributed by atoms with Gasteiger partial charge in [-0.25, -0.2) is 0 Å². The van der Waals surface area contributed by atoms with Crippen molar-refractivity contribution >= 4 is 23.2 Å². The topological polar surface area (TPSA) is 53.8 Å². The Morgan fingerprint density at radius 3 is 2.57 bits per heavy atom. The maximum atomic E-state index is 12.6. The highest BCUT2D eigenvalue weighted by molar-refractivity contribution is 6.10. The summed E-state index contributed by atoms with van der Waals surface area (Å²) in [7, 11) is 1.73. The molecule has 0 N–H and O–H groups in total. The fourth-order valence-corrected chi connectivity index (χ4v) is 2.60. The van der Waals surface area contributed by atoms with Crippen LogP contribution in [0.3, 0.4) is 0 Å². The Hall–Kier alpha value is -2.56. The van der Waals surface area contributed by atoms with Crippen LogP contribution in [0.2, 0.25) is 0 Å². The van der Waals surface area contributed by atoms with Gasteiger partial charge in [-0.1, -0.05) is 19.1 Å². The number of benzene rings is 1. The molecule has 5 nitrogen and oxygen atoms in total. The number of hydrogen-bond donors (Lipinski definition) is 0. The normalized spacial score (nSPS) is 18.4. The molecule has 1 aromatic carbocycles. The van der Waals surface area contributed by atoms with Crippen molar-refractivity contribution in [1.29, 1.82) is 0 Å². The van der Waals surface area contributed by atoms with Crippen molar-refractivity contribution in [1.82, 2.24) is 0 Å². The molecule has 2 amide bonds. The summed E-state index contributed by atoms with van der Waals surface area (Å²) < 4.78 is 5.20. The van der Waals surface area contributed by atoms with Gasteiger partial charge in [-0.2, -0.15) is 0 Å². The molecular weight excluding hydrogens is 268 g/mol. The maximum Gasteiger partial charge on any atom is 0.294 e. The van der Waals surface area contributed by atoms with Crippen molar-refractivity contribution < 1.29 is 14.0 Å². The Bertz CT molecular complexity index is 679. The van der Waals surface area contributed by atoms with E-state index in [2.05, 4.69) is 0 Å². The van der Waals surface area contributed by atoms with Gasteiger partial charge in [-0.3, -0.25) is 9.59 Å². The zero-order valence-electron chi connectivity index (χ0n) is 11.9. The van der Waals surface area contributed by atoms with Crippen LogP contribution in [0, 0.1) is 5.92 Å². The van der Waals surface area contributed by atoms with Crippen molar-refractivity contribution in [2.24, 2.45) is 5.92 Å². The first-order chi connectivity index (χ1) is 10.1. The largest absolute Gasteiger partial charge is 0.459 e. The van der Waals surface area contributed by atoms with E-state index in [0.717, 1.165) is 11.4 Å². The standard InChI is InChI=1S/C16H16N2O3/c1-11-10-18(16(20)14-8-5-9-21-14)13-7-4-3-6-12(13)17(2)15(11)19/h3-9,11H,10H2,1-2H3/t11-/m1/s1. The Morgan fingerprint density at radius 1 is 1.19 bits per heavy atom. The van der Waals surface area contributed by atoms with Crippen molar-refractivity contribution in [3.63, 3.8) is 0 Å². The quantitative estimate of drug-likeness (QED) is 0.808. The molecule has 1 aromatic heterocycles. The predicted molar refractivity (Wildman–Crippen MR) is 79.4 cm³/mol. The van der Waals surface area contributed by atoms with Crippen LogP contribution >= 0.6 is 0 Å². The van der Waals surface area contributed by atoms with E-state index >= 15 is 0 Å². The minimum atomic E-state index is -0.277. The molecule has 0 radical (unpaired) electrons. The van der Waals surface area contributed by atoms with Gasteiger partial charge in [0, 0.05) is 13.6 Å². The van der Waals surface area contributed by atoms with Crippen molar-refractivity contribution in [3.8, 4) is 0 Å². The van der Waals surface area contributed by atoms with E-state index in [1.54, 1.807) is 29.0 Å². The lowest BCUT2D eigenvalue weighted by Crippen LogP contribution is -2.37. The summed E-state index contributed by atoms with van der Waals surface area (Å²) in [6.45, 7) is 2.16. The molecule has 3 rings (SSSR count). The monoisotopic (exact) mass is 284 g/mol. The number of anilines is 2. The molecule has 0 unspecified atom stereocenters. The second kappa shape index (κ2) is 5.09. The molecule has 0 fully saturated rings. The van der Waals surface area contributed by atoms with Gasteiger partial charge in [0.05, 0.1) is 23.6 Å². The fourth-order valence-electron chi connectivity index (χ4n) is 2.60. The lowest BCUT2D eigenvalue weighted by molar-refractivity contribution is -0.121. The van der Waals surface area contributed by atoms with Crippen molar-refractivity contribution in [2.45, 2.75) is 6.92 Å². The summed E-state index contributed by atoms with van der Waals surface area (Å²) in [6.07, 6.45) is 1.47. The minimum Gasteiger partial charge on any atom is -0.459 e. The van der Waals surface area contributed by atoms with E-state index in [1.165, 1.54) is 6.26 Å². The molecule has 1 atom stereocenters. The summed E-state index contributed by atoms with van der Waals surface area (Å²) >= 11 is 0. The summed E-state index contributed by atoms with van der Waals surface area (Å²) in [5.41, 5.74) is 1.45. The highest BCUT2D eigenvalue weighted by Gasteiger charge is 2.32. The van der Waals surface area contributed by atoms with E-state index in [0.29, 0.717) is 6.54 Å². The second-order valence-corrected chi connectivity index (χ2v) is 5.18. The van der Waals surface area contributed by atoms with E-state index < -0.39 is 0 Å². The Kier molecular flexibility index (Phi) is 3.25. The highest BCUT2D eigenvalue weighted by atomic mass is 16.3. The Morgan fingerprint density at radius 2 is 1.90 bits per heavy atom. The lowest BCUT2D eigenvalue weighted by Gasteiger charge is -2.23. The van der Waals surface area contributed by atoms with Gasteiger partial charge in [0.15, 0.2) is 5.76 Å². The summed E-state index contributed by atoms with van der Waals surface area (Å²) in [6, 6.07) is 10.7. The van der Waals surface area contributed by atoms with Crippen LogP contribution < -0.4 is 9.80 Å². The van der Waals surface area contributed by atoms with Gasteiger partial charge in [0.25, 0.3) is 5.91 Å². The maximum absolute atomic E-state index is 12.6. The molecule has 0 saturated carbocycles. The van der Waals surface area contributed by atoms with Crippen LogP contribution in [0.15, 0.2) is 47.1 Å². The molecule has 1 aliphatic rings. The molecular formula is C16H16N2O3. The van der Waals surface area contributed by atoms with Gasteiger partial charge in [0.1, 0.15) is 0 Å². The number of carbonyl (C=O) groups excluding carboxylic acids is 2. The van der Waals surface area contributed by atoms with Gasteiger partial charge >= 0.3 is 0 Å². The van der Waals surface area contributed by atoms with Crippen LogP contribution in [0.1, 0.15) is 17.5 Å². The van der Waals surface area contributed by atoms with E-state index in [1.807, 2.05) is 31.2 Å². The molecule has 108 valence electrons. The first-order valence-corrected chi connectivity index (χ1v) is 6.81. The molecule has 0 spiro atoms. The first kappa shape index (κ1) is 13.4. The van der Waals surface area contributed by atoms with E-state index in [9.17, 15) is 9.59 Å². The van der Waals surface area contributed by atoms with Gasteiger partial charge < -0.3 is 14.2 Å². The third-order valence-electron chi connectivity index (χ3n) is 3.72. The summed E-state index contributed by atoms with van der Waals surface area (Å²) in [5.74, 6) is -0.241. The van der Waals surface area contributed by atoms with Gasteiger partial charge in [-0.15, -0.1) is 0 Å². The Balaban J connectivity index is 2.09. The summed E-state index contributed by atoms with van der Waals surface area (Å²) in [4.78, 5) is 28.2. The number of nitrogens with zero attached hydrogens (tertiary/aromatic N) is 2. The van der Waals surface area contributed by atoms with Gasteiger partial charge in [0.2, 0.25) is 5.91 Å². The zero-order chi connectivity index (χ0) is 15.0. The smallest absolute Gasteiger partial charge is 0.294 e. The SMILES string of the molecule is C[C@@H]1CN(C(=O)c2ccco2)c2ccccc2N(C)C1=O. The van der Waals surface area contributed by atoms with Crippen molar-refractivity contribution in [2.75, 3.05) is 23.4 Å². The van der Waals surface area contributed by atoms with E-state index in [-0.39, 0.29) is 23.5 Å². The molecule has 2 heterocycles. The average molecular weight is 284 g/mol. The van der Waals surface area contributed by atoms with E-state index in [4.69, 9.17) is 4.42 Å². The molecule has 1 aliphatic heterocycles. The zero-order valence-corrected chi connectivity index (χ0v) is 11.9. The fraction of sp³-hybridized carbons (Fsp3) is 0.250. The number of rotatable bonds is 1. The molecule has 0 aliphatic carbocycles.